The van der Waals surface area contributed by atoms with Gasteiger partial charge in [0, 0.05) is 24.9 Å². The van der Waals surface area contributed by atoms with Crippen LogP contribution >= 0.6 is 12.2 Å². The molecular formula is C18H26N2O4S2. The summed E-state index contributed by atoms with van der Waals surface area (Å²) in [6.45, 7) is 3.96. The summed E-state index contributed by atoms with van der Waals surface area (Å²) in [5, 5.41) is 3.79. The predicted molar refractivity (Wildman–Crippen MR) is 107 cm³/mol. The lowest BCUT2D eigenvalue weighted by atomic mass is 10.2. The van der Waals surface area contributed by atoms with Crippen LogP contribution in [0.4, 0.5) is 5.69 Å². The first-order chi connectivity index (χ1) is 12.5. The third-order valence-electron chi connectivity index (χ3n) is 4.75. The van der Waals surface area contributed by atoms with Crippen molar-refractivity contribution >= 4 is 32.9 Å². The van der Waals surface area contributed by atoms with Gasteiger partial charge in [0.2, 0.25) is 0 Å². The predicted octanol–water partition coefficient (Wildman–Crippen LogP) is 2.45. The van der Waals surface area contributed by atoms with Gasteiger partial charge in [0.15, 0.2) is 14.9 Å². The Hall–Kier alpha value is -1.38. The second-order valence-corrected chi connectivity index (χ2v) is 9.35. The molecule has 0 aromatic heterocycles. The molecule has 0 saturated carbocycles. The lowest BCUT2D eigenvalue weighted by molar-refractivity contribution is 0.0851. The van der Waals surface area contributed by atoms with Crippen molar-refractivity contribution in [3.05, 3.63) is 24.3 Å². The summed E-state index contributed by atoms with van der Waals surface area (Å²) in [6.07, 6.45) is 2.75. The van der Waals surface area contributed by atoms with Crippen molar-refractivity contribution in [2.45, 2.75) is 38.3 Å². The molecule has 1 aromatic carbocycles. The minimum absolute atomic E-state index is 0.0908. The van der Waals surface area contributed by atoms with E-state index in [1.54, 1.807) is 0 Å². The third kappa shape index (κ3) is 5.08. The zero-order valence-electron chi connectivity index (χ0n) is 15.0. The average molecular weight is 399 g/mol. The first-order valence-corrected chi connectivity index (χ1v) is 11.3. The van der Waals surface area contributed by atoms with Gasteiger partial charge in [0.1, 0.15) is 5.75 Å². The smallest absolute Gasteiger partial charge is 0.173 e. The Balaban J connectivity index is 1.69. The largest absolute Gasteiger partial charge is 0.494 e. The molecule has 2 aliphatic heterocycles. The van der Waals surface area contributed by atoms with E-state index >= 15 is 0 Å². The molecule has 8 heteroatoms. The van der Waals surface area contributed by atoms with E-state index in [0.717, 1.165) is 30.9 Å². The van der Waals surface area contributed by atoms with E-state index in [-0.39, 0.29) is 23.7 Å². The number of nitrogens with zero attached hydrogens (tertiary/aromatic N) is 1. The van der Waals surface area contributed by atoms with E-state index in [4.69, 9.17) is 21.7 Å². The van der Waals surface area contributed by atoms with E-state index in [0.29, 0.717) is 24.7 Å². The maximum Gasteiger partial charge on any atom is 0.173 e. The maximum absolute atomic E-state index is 11.9. The van der Waals surface area contributed by atoms with Gasteiger partial charge < -0.3 is 19.7 Å². The standard InChI is InChI=1S/C18H26N2O4S2/c1-2-23-16-7-5-14(6-8-16)19-18(25)20(12-17-4-3-10-24-17)15-9-11-26(21,22)13-15/h5-8,15,17H,2-4,9-13H2,1H3,(H,19,25)/t15-,17+/m0/s1. The molecule has 26 heavy (non-hydrogen) atoms. The molecule has 0 spiro atoms. The van der Waals surface area contributed by atoms with Crippen LogP contribution in [0.1, 0.15) is 26.2 Å². The number of anilines is 1. The van der Waals surface area contributed by atoms with Gasteiger partial charge in [-0.2, -0.15) is 0 Å². The Morgan fingerprint density at radius 1 is 1.35 bits per heavy atom. The van der Waals surface area contributed by atoms with Gasteiger partial charge in [-0.25, -0.2) is 8.42 Å². The fraction of sp³-hybridized carbons (Fsp3) is 0.611. The van der Waals surface area contributed by atoms with Crippen LogP contribution in [0.25, 0.3) is 0 Å². The normalized spacial score (nSPS) is 24.3. The molecule has 1 aromatic rings. The van der Waals surface area contributed by atoms with Gasteiger partial charge in [-0.05, 0) is 62.7 Å². The SMILES string of the molecule is CCOc1ccc(NC(=S)N(C[C@H]2CCCO2)[C@H]2CCS(=O)(=O)C2)cc1. The van der Waals surface area contributed by atoms with Crippen LogP contribution in [-0.2, 0) is 14.6 Å². The molecule has 2 fully saturated rings. The zero-order valence-corrected chi connectivity index (χ0v) is 16.7. The highest BCUT2D eigenvalue weighted by molar-refractivity contribution is 7.91. The second kappa shape index (κ2) is 8.54. The van der Waals surface area contributed by atoms with Gasteiger partial charge >= 0.3 is 0 Å². The molecule has 144 valence electrons. The molecular weight excluding hydrogens is 372 g/mol. The summed E-state index contributed by atoms with van der Waals surface area (Å²) in [4.78, 5) is 2.01. The van der Waals surface area contributed by atoms with Gasteiger partial charge in [-0.15, -0.1) is 0 Å². The summed E-state index contributed by atoms with van der Waals surface area (Å²) in [5.74, 6) is 1.19. The zero-order chi connectivity index (χ0) is 18.6. The third-order valence-corrected chi connectivity index (χ3v) is 6.84. The number of hydrogen-bond acceptors (Lipinski definition) is 5. The molecule has 1 N–H and O–H groups in total. The number of ether oxygens (including phenoxy) is 2. The minimum Gasteiger partial charge on any atom is -0.494 e. The Labute approximate surface area is 160 Å². The molecule has 2 heterocycles. The number of sulfone groups is 1. The van der Waals surface area contributed by atoms with E-state index < -0.39 is 9.84 Å². The summed E-state index contributed by atoms with van der Waals surface area (Å²) in [7, 11) is -2.98. The first-order valence-electron chi connectivity index (χ1n) is 9.09. The topological polar surface area (TPSA) is 67.9 Å². The van der Waals surface area contributed by atoms with Crippen LogP contribution in [0.15, 0.2) is 24.3 Å². The minimum atomic E-state index is -2.98. The van der Waals surface area contributed by atoms with E-state index in [1.807, 2.05) is 36.1 Å². The molecule has 6 nitrogen and oxygen atoms in total. The number of rotatable bonds is 6. The molecule has 0 unspecified atom stereocenters. The highest BCUT2D eigenvalue weighted by Crippen LogP contribution is 2.23. The van der Waals surface area contributed by atoms with E-state index in [9.17, 15) is 8.42 Å². The summed E-state index contributed by atoms with van der Waals surface area (Å²) in [5.41, 5.74) is 0.858. The van der Waals surface area contributed by atoms with Gasteiger partial charge in [0.05, 0.1) is 24.2 Å². The molecule has 0 aliphatic carbocycles. The molecule has 0 bridgehead atoms. The molecule has 3 rings (SSSR count). The highest BCUT2D eigenvalue weighted by Gasteiger charge is 2.35. The first kappa shape index (κ1) is 19.4. The lowest BCUT2D eigenvalue weighted by Crippen LogP contribution is -2.47. The summed E-state index contributed by atoms with van der Waals surface area (Å²) < 4.78 is 35.0. The van der Waals surface area contributed by atoms with E-state index in [2.05, 4.69) is 5.32 Å². The molecule has 2 atom stereocenters. The van der Waals surface area contributed by atoms with E-state index in [1.165, 1.54) is 0 Å². The van der Waals surface area contributed by atoms with Crippen LogP contribution < -0.4 is 10.1 Å². The van der Waals surface area contributed by atoms with Crippen molar-refractivity contribution in [3.8, 4) is 5.75 Å². The van der Waals surface area contributed by atoms with Crippen molar-refractivity contribution in [2.75, 3.05) is 36.6 Å². The van der Waals surface area contributed by atoms with Crippen molar-refractivity contribution in [1.82, 2.24) is 4.90 Å². The number of benzene rings is 1. The molecule has 2 saturated heterocycles. The average Bonchev–Trinajstić information content (AvgIpc) is 3.23. The number of thiocarbonyl (C=S) groups is 1. The fourth-order valence-corrected chi connectivity index (χ4v) is 5.50. The fourth-order valence-electron chi connectivity index (χ4n) is 3.42. The van der Waals surface area contributed by atoms with Crippen molar-refractivity contribution < 1.29 is 17.9 Å². The quantitative estimate of drug-likeness (QED) is 0.738. The molecule has 2 aliphatic rings. The van der Waals surface area contributed by atoms with Crippen LogP contribution in [0.5, 0.6) is 5.75 Å². The maximum atomic E-state index is 11.9. The molecule has 0 radical (unpaired) electrons. The number of nitrogens with one attached hydrogen (secondary N) is 1. The van der Waals surface area contributed by atoms with Crippen LogP contribution in [0.3, 0.4) is 0 Å². The lowest BCUT2D eigenvalue weighted by Gasteiger charge is -2.33. The summed E-state index contributed by atoms with van der Waals surface area (Å²) >= 11 is 5.62. The van der Waals surface area contributed by atoms with Crippen molar-refractivity contribution in [3.63, 3.8) is 0 Å². The Kier molecular flexibility index (Phi) is 6.37. The monoisotopic (exact) mass is 398 g/mol. The van der Waals surface area contributed by atoms with Crippen molar-refractivity contribution in [2.24, 2.45) is 0 Å². The molecule has 0 amide bonds. The Bertz CT molecular complexity index is 715. The van der Waals surface area contributed by atoms with Crippen LogP contribution in [0, 0.1) is 0 Å². The Morgan fingerprint density at radius 3 is 2.69 bits per heavy atom. The van der Waals surface area contributed by atoms with Gasteiger partial charge in [-0.3, -0.25) is 0 Å². The van der Waals surface area contributed by atoms with Crippen LogP contribution in [-0.4, -0.2) is 61.8 Å². The number of hydrogen-bond donors (Lipinski definition) is 1. The van der Waals surface area contributed by atoms with Crippen molar-refractivity contribution in [1.29, 1.82) is 0 Å². The van der Waals surface area contributed by atoms with Crippen LogP contribution in [0.2, 0.25) is 0 Å². The Morgan fingerprint density at radius 2 is 2.12 bits per heavy atom. The highest BCUT2D eigenvalue weighted by atomic mass is 32.2. The van der Waals surface area contributed by atoms with Gasteiger partial charge in [-0.1, -0.05) is 0 Å². The van der Waals surface area contributed by atoms with Gasteiger partial charge in [0.25, 0.3) is 0 Å². The second-order valence-electron chi connectivity index (χ2n) is 6.73. The summed E-state index contributed by atoms with van der Waals surface area (Å²) in [6, 6.07) is 7.50.